The van der Waals surface area contributed by atoms with Crippen molar-refractivity contribution in [3.63, 3.8) is 0 Å². The van der Waals surface area contributed by atoms with Gasteiger partial charge in [-0.2, -0.15) is 0 Å². The van der Waals surface area contributed by atoms with Crippen LogP contribution >= 0.6 is 0 Å². The number of likely N-dealkylation sites (N-methyl/N-ethyl adjacent to an activating group) is 1. The molecule has 0 spiro atoms. The van der Waals surface area contributed by atoms with E-state index in [2.05, 4.69) is 41.0 Å². The molecular weight excluding hydrogens is 428 g/mol. The number of anilines is 1. The van der Waals surface area contributed by atoms with E-state index in [0.29, 0.717) is 24.1 Å². The Hall–Kier alpha value is -2.34. The van der Waals surface area contributed by atoms with Crippen LogP contribution in [0.4, 0.5) is 5.82 Å². The number of carbonyl (C=O) groups excluding carboxylic acids is 1. The summed E-state index contributed by atoms with van der Waals surface area (Å²) in [7, 11) is 0. The van der Waals surface area contributed by atoms with Crippen LogP contribution in [0.1, 0.15) is 59.2 Å². The number of imidazole rings is 1. The van der Waals surface area contributed by atoms with Crippen LogP contribution in [0, 0.1) is 11.3 Å². The van der Waals surface area contributed by atoms with E-state index in [4.69, 9.17) is 10.5 Å². The molecule has 6 N–H and O–H groups in total. The Balaban J connectivity index is 1.95. The zero-order valence-electron chi connectivity index (χ0n) is 19.8. The Morgan fingerprint density at radius 3 is 2.76 bits per heavy atom. The van der Waals surface area contributed by atoms with Gasteiger partial charge < -0.3 is 31.1 Å². The highest BCUT2D eigenvalue weighted by atomic mass is 16.5. The fourth-order valence-corrected chi connectivity index (χ4v) is 4.72. The third kappa shape index (κ3) is 5.11. The molecule has 0 saturated heterocycles. The lowest BCUT2D eigenvalue weighted by molar-refractivity contribution is -0.147. The maximum atomic E-state index is 12.2. The number of hydrogen-bond donors (Lipinski definition) is 5. The number of nitrogens with two attached hydrogens (primary N) is 1. The van der Waals surface area contributed by atoms with Crippen molar-refractivity contribution < 1.29 is 24.9 Å². The quantitative estimate of drug-likeness (QED) is 0.377. The highest BCUT2D eigenvalue weighted by Gasteiger charge is 2.48. The second-order valence-corrected chi connectivity index (χ2v) is 9.77. The molecule has 0 aliphatic heterocycles. The van der Waals surface area contributed by atoms with Crippen molar-refractivity contribution in [2.75, 3.05) is 18.9 Å². The van der Waals surface area contributed by atoms with E-state index < -0.39 is 30.3 Å². The lowest BCUT2D eigenvalue weighted by atomic mass is 9.63. The second kappa shape index (κ2) is 9.88. The Bertz CT molecular complexity index is 974. The first kappa shape index (κ1) is 25.3. The average Bonchev–Trinajstić information content (AvgIpc) is 3.17. The normalized spacial score (nSPS) is 23.4. The van der Waals surface area contributed by atoms with Crippen molar-refractivity contribution in [3.8, 4) is 0 Å². The van der Waals surface area contributed by atoms with Crippen LogP contribution in [-0.2, 0) is 21.9 Å². The number of amides is 1. The van der Waals surface area contributed by atoms with Crippen molar-refractivity contribution in [3.05, 3.63) is 12.2 Å². The Labute approximate surface area is 193 Å². The number of nitrogen functional groups attached to an aromatic ring is 1. The summed E-state index contributed by atoms with van der Waals surface area (Å²) in [6, 6.07) is 0. The number of rotatable bonds is 8. The van der Waals surface area contributed by atoms with Crippen molar-refractivity contribution in [1.29, 1.82) is 0 Å². The summed E-state index contributed by atoms with van der Waals surface area (Å²) < 4.78 is 7.16. The monoisotopic (exact) mass is 464 g/mol. The molecule has 2 aromatic rings. The van der Waals surface area contributed by atoms with E-state index >= 15 is 0 Å². The van der Waals surface area contributed by atoms with Gasteiger partial charge in [0.1, 0.15) is 24.0 Å². The van der Waals surface area contributed by atoms with Gasteiger partial charge >= 0.3 is 0 Å². The van der Waals surface area contributed by atoms with Crippen LogP contribution in [0.5, 0.6) is 0 Å². The first-order valence-corrected chi connectivity index (χ1v) is 11.4. The van der Waals surface area contributed by atoms with E-state index in [-0.39, 0.29) is 29.7 Å². The molecule has 3 unspecified atom stereocenters. The number of ether oxygens (including phenoxy) is 1. The molecule has 33 heavy (non-hydrogen) atoms. The van der Waals surface area contributed by atoms with E-state index in [0.717, 1.165) is 19.3 Å². The lowest BCUT2D eigenvalue weighted by Gasteiger charge is -2.45. The third-order valence-corrected chi connectivity index (χ3v) is 6.34. The molecule has 0 bridgehead atoms. The standard InChI is InChI=1S/C22H36N6O5/c1-5-24-19(31)16(13(30)10-29)33-12-28-11-25-15-17(23)26-20(27-18(15)28)22(32)9-7-6-8-14(22)21(2,3)4/h11,13-14,16,29-30,32H,5-10,12H2,1-4H3,(H,24,31)(H2,23,26,27)/t13?,14?,16-,22?/m0/s1. The molecule has 184 valence electrons. The van der Waals surface area contributed by atoms with Gasteiger partial charge in [0.05, 0.1) is 12.9 Å². The second-order valence-electron chi connectivity index (χ2n) is 9.77. The number of carbonyl (C=O) groups is 1. The Kier molecular flexibility index (Phi) is 7.57. The Morgan fingerprint density at radius 1 is 1.39 bits per heavy atom. The summed E-state index contributed by atoms with van der Waals surface area (Å²) in [6.45, 7) is 7.59. The van der Waals surface area contributed by atoms with Crippen LogP contribution in [0.3, 0.4) is 0 Å². The zero-order valence-corrected chi connectivity index (χ0v) is 19.8. The minimum atomic E-state index is -1.39. The molecule has 0 radical (unpaired) electrons. The summed E-state index contributed by atoms with van der Waals surface area (Å²) in [5, 5.41) is 33.6. The fraction of sp³-hybridized carbons (Fsp3) is 0.727. The van der Waals surface area contributed by atoms with E-state index in [1.54, 1.807) is 6.92 Å². The molecule has 1 aliphatic carbocycles. The zero-order chi connectivity index (χ0) is 24.4. The number of aliphatic hydroxyl groups excluding tert-OH is 2. The fourth-order valence-electron chi connectivity index (χ4n) is 4.72. The van der Waals surface area contributed by atoms with Gasteiger partial charge in [-0.3, -0.25) is 9.36 Å². The van der Waals surface area contributed by atoms with Gasteiger partial charge in [0.2, 0.25) is 0 Å². The lowest BCUT2D eigenvalue weighted by Crippen LogP contribution is -2.46. The average molecular weight is 465 g/mol. The molecule has 1 saturated carbocycles. The van der Waals surface area contributed by atoms with Gasteiger partial charge in [0.15, 0.2) is 23.4 Å². The number of aliphatic hydroxyl groups is 3. The summed E-state index contributed by atoms with van der Waals surface area (Å²) in [6.07, 6.45) is 2.06. The van der Waals surface area contributed by atoms with Gasteiger partial charge in [-0.1, -0.05) is 33.6 Å². The highest BCUT2D eigenvalue weighted by molar-refractivity contribution is 5.82. The number of hydrogen-bond acceptors (Lipinski definition) is 9. The van der Waals surface area contributed by atoms with Crippen LogP contribution in [0.15, 0.2) is 6.33 Å². The smallest absolute Gasteiger partial charge is 0.252 e. The molecule has 2 aromatic heterocycles. The van der Waals surface area contributed by atoms with Gasteiger partial charge in [0, 0.05) is 6.54 Å². The van der Waals surface area contributed by atoms with E-state index in [1.807, 2.05) is 0 Å². The van der Waals surface area contributed by atoms with Crippen molar-refractivity contribution in [1.82, 2.24) is 24.8 Å². The van der Waals surface area contributed by atoms with Crippen LogP contribution < -0.4 is 11.1 Å². The van der Waals surface area contributed by atoms with Gasteiger partial charge in [0.25, 0.3) is 5.91 Å². The molecular formula is C22H36N6O5. The summed E-state index contributed by atoms with van der Waals surface area (Å²) in [5.41, 5.74) is 5.51. The molecule has 3 rings (SSSR count). The number of fused-ring (bicyclic) bond motifs is 1. The van der Waals surface area contributed by atoms with Crippen molar-refractivity contribution >= 4 is 22.9 Å². The molecule has 1 amide bonds. The highest BCUT2D eigenvalue weighted by Crippen LogP contribution is 2.49. The van der Waals surface area contributed by atoms with Crippen molar-refractivity contribution in [2.24, 2.45) is 11.3 Å². The summed E-state index contributed by atoms with van der Waals surface area (Å²) >= 11 is 0. The van der Waals surface area contributed by atoms with Gasteiger partial charge in [-0.25, -0.2) is 15.0 Å². The Morgan fingerprint density at radius 2 is 2.12 bits per heavy atom. The molecule has 2 heterocycles. The third-order valence-electron chi connectivity index (χ3n) is 6.34. The molecule has 4 atom stereocenters. The first-order chi connectivity index (χ1) is 15.5. The van der Waals surface area contributed by atoms with Crippen LogP contribution in [-0.4, -0.2) is 66.1 Å². The first-order valence-electron chi connectivity index (χ1n) is 11.4. The summed E-state index contributed by atoms with van der Waals surface area (Å²) in [4.78, 5) is 25.6. The predicted octanol–water partition coefficient (Wildman–Crippen LogP) is 0.664. The predicted molar refractivity (Wildman–Crippen MR) is 122 cm³/mol. The molecule has 0 aromatic carbocycles. The van der Waals surface area contributed by atoms with Gasteiger partial charge in [-0.15, -0.1) is 0 Å². The molecule has 11 heteroatoms. The van der Waals surface area contributed by atoms with E-state index in [9.17, 15) is 20.1 Å². The minimum absolute atomic E-state index is 0.0509. The number of aromatic nitrogens is 4. The number of nitrogens with zero attached hydrogens (tertiary/aromatic N) is 4. The number of nitrogens with one attached hydrogen (secondary N) is 1. The van der Waals surface area contributed by atoms with Crippen LogP contribution in [0.25, 0.3) is 11.2 Å². The maximum Gasteiger partial charge on any atom is 0.252 e. The van der Waals surface area contributed by atoms with E-state index in [1.165, 1.54) is 10.9 Å². The van der Waals surface area contributed by atoms with Crippen LogP contribution in [0.2, 0.25) is 0 Å². The molecule has 11 nitrogen and oxygen atoms in total. The largest absolute Gasteiger partial charge is 0.394 e. The topological polar surface area (TPSA) is 169 Å². The SMILES string of the molecule is CCNC(=O)[C@@H](OCn1cnc2c(N)nc(C3(O)CCCCC3C(C)(C)C)nc21)C(O)CO. The molecule has 1 aliphatic rings. The maximum absolute atomic E-state index is 12.2. The summed E-state index contributed by atoms with van der Waals surface area (Å²) in [5.74, 6) is -0.187. The van der Waals surface area contributed by atoms with Gasteiger partial charge in [-0.05, 0) is 31.1 Å². The van der Waals surface area contributed by atoms with Crippen molar-refractivity contribution in [2.45, 2.75) is 77.9 Å². The molecule has 1 fully saturated rings. The minimum Gasteiger partial charge on any atom is -0.394 e.